The van der Waals surface area contributed by atoms with Crippen LogP contribution in [0.4, 0.5) is 5.13 Å². The van der Waals surface area contributed by atoms with Gasteiger partial charge in [-0.3, -0.25) is 4.79 Å². The number of benzene rings is 1. The number of aromatic nitrogens is 4. The topological polar surface area (TPSA) is 72.2 Å². The number of hydrogen-bond acceptors (Lipinski definition) is 5. The van der Waals surface area contributed by atoms with Crippen molar-refractivity contribution in [3.05, 3.63) is 29.8 Å². The van der Waals surface area contributed by atoms with Gasteiger partial charge < -0.3 is 5.32 Å². The average Bonchev–Trinajstić information content (AvgIpc) is 3.20. The fourth-order valence-corrected chi connectivity index (χ4v) is 6.98. The Labute approximate surface area is 167 Å². The van der Waals surface area contributed by atoms with Crippen LogP contribution in [0, 0.1) is 30.1 Å². The van der Waals surface area contributed by atoms with Crippen LogP contribution in [-0.4, -0.2) is 25.7 Å². The molecule has 3 aromatic rings. The number of fused-ring (bicyclic) bond motifs is 1. The molecule has 2 heterocycles. The number of hydrogen-bond donors (Lipinski definition) is 1. The summed E-state index contributed by atoms with van der Waals surface area (Å²) in [5.74, 6) is 3.15. The normalized spacial score (nSPS) is 30.8. The standard InChI is InChI=1S/C21H23N5OS/c1-12-3-2-4-16(5-12)17-23-24-20-26(17)25-19(28-20)22-18(27)21-9-13-6-14(10-21)8-15(7-13)11-21/h2-5,13-15H,6-11H2,1H3,(H,22,25,27). The molecule has 4 aliphatic rings. The number of rotatable bonds is 3. The average molecular weight is 394 g/mol. The number of nitrogens with one attached hydrogen (secondary N) is 1. The third kappa shape index (κ3) is 2.52. The van der Waals surface area contributed by atoms with Crippen molar-refractivity contribution in [2.45, 2.75) is 45.4 Å². The molecule has 0 atom stereocenters. The molecule has 0 saturated heterocycles. The lowest BCUT2D eigenvalue weighted by Gasteiger charge is -2.55. The van der Waals surface area contributed by atoms with Gasteiger partial charge >= 0.3 is 0 Å². The Morgan fingerprint density at radius 3 is 2.54 bits per heavy atom. The predicted molar refractivity (Wildman–Crippen MR) is 108 cm³/mol. The highest BCUT2D eigenvalue weighted by Crippen LogP contribution is 2.60. The first-order chi connectivity index (χ1) is 13.6. The zero-order valence-electron chi connectivity index (χ0n) is 15.9. The second kappa shape index (κ2) is 5.86. The highest BCUT2D eigenvalue weighted by atomic mass is 32.1. The maximum absolute atomic E-state index is 13.3. The van der Waals surface area contributed by atoms with E-state index in [1.54, 1.807) is 4.52 Å². The first-order valence-electron chi connectivity index (χ1n) is 10.2. The minimum Gasteiger partial charge on any atom is -0.300 e. The number of carbonyl (C=O) groups excluding carboxylic acids is 1. The predicted octanol–water partition coefficient (Wildman–Crippen LogP) is 4.32. The second-order valence-corrected chi connectivity index (χ2v) is 10.1. The van der Waals surface area contributed by atoms with E-state index in [2.05, 4.69) is 39.7 Å². The molecule has 28 heavy (non-hydrogen) atoms. The number of amides is 1. The molecule has 0 unspecified atom stereocenters. The largest absolute Gasteiger partial charge is 0.300 e. The van der Waals surface area contributed by atoms with Crippen molar-refractivity contribution in [3.63, 3.8) is 0 Å². The first-order valence-corrected chi connectivity index (χ1v) is 11.0. The number of carbonyl (C=O) groups is 1. The van der Waals surface area contributed by atoms with Gasteiger partial charge in [0.2, 0.25) is 16.0 Å². The van der Waals surface area contributed by atoms with Gasteiger partial charge in [-0.2, -0.15) is 4.52 Å². The minimum absolute atomic E-state index is 0.167. The maximum Gasteiger partial charge on any atom is 0.236 e. The molecule has 1 amide bonds. The van der Waals surface area contributed by atoms with Crippen molar-refractivity contribution in [1.29, 1.82) is 0 Å². The smallest absolute Gasteiger partial charge is 0.236 e. The quantitative estimate of drug-likeness (QED) is 0.719. The van der Waals surface area contributed by atoms with Crippen molar-refractivity contribution in [1.82, 2.24) is 19.8 Å². The summed E-state index contributed by atoms with van der Waals surface area (Å²) < 4.78 is 1.74. The molecular formula is C21H23N5OS. The summed E-state index contributed by atoms with van der Waals surface area (Å²) in [6, 6.07) is 8.15. The molecule has 6 nitrogen and oxygen atoms in total. The first kappa shape index (κ1) is 16.7. The van der Waals surface area contributed by atoms with Crippen molar-refractivity contribution < 1.29 is 4.79 Å². The van der Waals surface area contributed by atoms with E-state index in [1.807, 2.05) is 12.1 Å². The zero-order valence-corrected chi connectivity index (χ0v) is 16.7. The van der Waals surface area contributed by atoms with Crippen LogP contribution in [0.25, 0.3) is 16.3 Å². The molecule has 0 spiro atoms. The molecule has 7 heteroatoms. The summed E-state index contributed by atoms with van der Waals surface area (Å²) in [5.41, 5.74) is 1.98. The van der Waals surface area contributed by atoms with Crippen molar-refractivity contribution in [2.75, 3.05) is 5.32 Å². The van der Waals surface area contributed by atoms with Crippen molar-refractivity contribution in [3.8, 4) is 11.4 Å². The summed E-state index contributed by atoms with van der Waals surface area (Å²) >= 11 is 1.40. The van der Waals surface area contributed by atoms with Gasteiger partial charge in [-0.05, 0) is 69.3 Å². The van der Waals surface area contributed by atoms with Gasteiger partial charge in [-0.15, -0.1) is 15.3 Å². The molecule has 1 N–H and O–H groups in total. The maximum atomic E-state index is 13.3. The van der Waals surface area contributed by atoms with Crippen LogP contribution in [0.15, 0.2) is 24.3 Å². The van der Waals surface area contributed by atoms with E-state index in [-0.39, 0.29) is 11.3 Å². The zero-order chi connectivity index (χ0) is 18.9. The number of nitrogens with zero attached hydrogens (tertiary/aromatic N) is 4. The van der Waals surface area contributed by atoms with Gasteiger partial charge in [-0.1, -0.05) is 35.1 Å². The molecule has 0 radical (unpaired) electrons. The van der Waals surface area contributed by atoms with Gasteiger partial charge in [0.05, 0.1) is 5.41 Å². The fourth-order valence-electron chi connectivity index (χ4n) is 6.25. The Bertz CT molecular complexity index is 1050. The molecule has 7 rings (SSSR count). The molecule has 4 fully saturated rings. The summed E-state index contributed by atoms with van der Waals surface area (Å²) in [4.78, 5) is 14.0. The number of aryl methyl sites for hydroxylation is 1. The summed E-state index contributed by atoms with van der Waals surface area (Å²) in [6.45, 7) is 2.06. The number of anilines is 1. The summed E-state index contributed by atoms with van der Waals surface area (Å²) in [7, 11) is 0. The van der Waals surface area contributed by atoms with Crippen LogP contribution in [0.2, 0.25) is 0 Å². The van der Waals surface area contributed by atoms with Crippen LogP contribution in [0.3, 0.4) is 0 Å². The minimum atomic E-state index is -0.167. The van der Waals surface area contributed by atoms with Crippen LogP contribution >= 0.6 is 11.3 Å². The molecule has 0 aliphatic heterocycles. The lowest BCUT2D eigenvalue weighted by molar-refractivity contribution is -0.140. The third-order valence-corrected chi connectivity index (χ3v) is 7.82. The highest BCUT2D eigenvalue weighted by Gasteiger charge is 2.54. The van der Waals surface area contributed by atoms with Gasteiger partial charge in [-0.25, -0.2) is 0 Å². The molecule has 4 saturated carbocycles. The molecule has 144 valence electrons. The van der Waals surface area contributed by atoms with E-state index < -0.39 is 0 Å². The van der Waals surface area contributed by atoms with Crippen LogP contribution < -0.4 is 5.32 Å². The molecule has 4 aliphatic carbocycles. The van der Waals surface area contributed by atoms with E-state index in [0.29, 0.717) is 15.9 Å². The van der Waals surface area contributed by atoms with E-state index in [4.69, 9.17) is 0 Å². The Hall–Kier alpha value is -2.28. The van der Waals surface area contributed by atoms with E-state index in [9.17, 15) is 4.79 Å². The van der Waals surface area contributed by atoms with E-state index >= 15 is 0 Å². The lowest BCUT2D eigenvalue weighted by atomic mass is 9.49. The lowest BCUT2D eigenvalue weighted by Crippen LogP contribution is -2.51. The van der Waals surface area contributed by atoms with Gasteiger partial charge in [0, 0.05) is 5.56 Å². The van der Waals surface area contributed by atoms with Crippen LogP contribution in [0.1, 0.15) is 44.1 Å². The Morgan fingerprint density at radius 1 is 1.14 bits per heavy atom. The summed E-state index contributed by atoms with van der Waals surface area (Å²) in [5, 5.41) is 16.9. The summed E-state index contributed by atoms with van der Waals surface area (Å²) in [6.07, 6.45) is 7.19. The molecular weight excluding hydrogens is 370 g/mol. The van der Waals surface area contributed by atoms with E-state index in [0.717, 1.165) is 42.6 Å². The van der Waals surface area contributed by atoms with Crippen molar-refractivity contribution in [2.24, 2.45) is 23.2 Å². The Balaban J connectivity index is 1.29. The van der Waals surface area contributed by atoms with E-state index in [1.165, 1.54) is 36.2 Å². The van der Waals surface area contributed by atoms with Gasteiger partial charge in [0.1, 0.15) is 0 Å². The Kier molecular flexibility index (Phi) is 3.49. The van der Waals surface area contributed by atoms with Gasteiger partial charge in [0.25, 0.3) is 0 Å². The second-order valence-electron chi connectivity index (χ2n) is 9.15. The molecule has 1 aromatic carbocycles. The van der Waals surface area contributed by atoms with Crippen molar-refractivity contribution >= 4 is 27.3 Å². The monoisotopic (exact) mass is 393 g/mol. The molecule has 4 bridgehead atoms. The van der Waals surface area contributed by atoms with Crippen LogP contribution in [0.5, 0.6) is 0 Å². The SMILES string of the molecule is Cc1cccc(-c2nnc3sc(NC(=O)C45CC6CC(CC(C6)C4)C5)nn23)c1. The third-order valence-electron chi connectivity index (χ3n) is 7.01. The molecule has 2 aromatic heterocycles. The van der Waals surface area contributed by atoms with Gasteiger partial charge in [0.15, 0.2) is 5.82 Å². The Morgan fingerprint density at radius 2 is 1.86 bits per heavy atom. The van der Waals surface area contributed by atoms with Crippen LogP contribution in [-0.2, 0) is 4.79 Å². The highest BCUT2D eigenvalue weighted by molar-refractivity contribution is 7.20. The fraction of sp³-hybridized carbons (Fsp3) is 0.524.